The molecule has 0 saturated carbocycles. The molecule has 3 heteroatoms. The molecule has 0 spiro atoms. The minimum absolute atomic E-state index is 0.130. The van der Waals surface area contributed by atoms with E-state index in [1.54, 1.807) is 0 Å². The van der Waals surface area contributed by atoms with Gasteiger partial charge in [-0.05, 0) is 44.4 Å². The molecule has 0 atom stereocenters. The standard InChI is InChI=1S/C16H23BrClN/c1-11(2)13(10-19-16(3,4)5)8-12-6-7-14(18)9-15(12)17/h6-9,11,19H,10H2,1-5H3/b13-8+. The maximum Gasteiger partial charge on any atom is 0.0417 e. The molecular formula is C16H23BrClN. The van der Waals surface area contributed by atoms with Crippen LogP contribution in [0.1, 0.15) is 40.2 Å². The highest BCUT2D eigenvalue weighted by molar-refractivity contribution is 9.10. The Morgan fingerprint density at radius 3 is 2.47 bits per heavy atom. The summed E-state index contributed by atoms with van der Waals surface area (Å²) >= 11 is 9.54. The van der Waals surface area contributed by atoms with Crippen molar-refractivity contribution in [2.24, 2.45) is 5.92 Å². The summed E-state index contributed by atoms with van der Waals surface area (Å²) in [4.78, 5) is 0. The van der Waals surface area contributed by atoms with Gasteiger partial charge in [0.05, 0.1) is 0 Å². The van der Waals surface area contributed by atoms with E-state index in [4.69, 9.17) is 11.6 Å². The highest BCUT2D eigenvalue weighted by Gasteiger charge is 2.12. The predicted molar refractivity (Wildman–Crippen MR) is 89.7 cm³/mol. The highest BCUT2D eigenvalue weighted by Crippen LogP contribution is 2.25. The van der Waals surface area contributed by atoms with E-state index in [1.807, 2.05) is 18.2 Å². The smallest absolute Gasteiger partial charge is 0.0417 e. The minimum atomic E-state index is 0.130. The first-order valence-electron chi connectivity index (χ1n) is 6.59. The largest absolute Gasteiger partial charge is 0.308 e. The average molecular weight is 345 g/mol. The molecule has 0 unspecified atom stereocenters. The second kappa shape index (κ2) is 6.92. The van der Waals surface area contributed by atoms with Gasteiger partial charge in [0.15, 0.2) is 0 Å². The first kappa shape index (κ1) is 16.7. The number of benzene rings is 1. The summed E-state index contributed by atoms with van der Waals surface area (Å²) in [5.74, 6) is 0.512. The van der Waals surface area contributed by atoms with Gasteiger partial charge in [-0.3, -0.25) is 0 Å². The van der Waals surface area contributed by atoms with Gasteiger partial charge in [-0.1, -0.05) is 59.1 Å². The Morgan fingerprint density at radius 1 is 1.37 bits per heavy atom. The molecule has 1 nitrogen and oxygen atoms in total. The number of hydrogen-bond donors (Lipinski definition) is 1. The van der Waals surface area contributed by atoms with Gasteiger partial charge < -0.3 is 5.32 Å². The lowest BCUT2D eigenvalue weighted by atomic mass is 9.98. The van der Waals surface area contributed by atoms with Crippen molar-refractivity contribution in [2.45, 2.75) is 40.2 Å². The SMILES string of the molecule is CC(C)/C(=C/c1ccc(Cl)cc1Br)CNC(C)(C)C. The third-order valence-electron chi connectivity index (χ3n) is 2.87. The predicted octanol–water partition coefficient (Wildman–Crippen LogP) is 5.53. The fourth-order valence-corrected chi connectivity index (χ4v) is 2.40. The van der Waals surface area contributed by atoms with Crippen molar-refractivity contribution in [1.82, 2.24) is 5.32 Å². The Morgan fingerprint density at radius 2 is 2.00 bits per heavy atom. The maximum atomic E-state index is 5.97. The van der Waals surface area contributed by atoms with Gasteiger partial charge in [0, 0.05) is 21.6 Å². The van der Waals surface area contributed by atoms with Crippen LogP contribution < -0.4 is 5.32 Å². The summed E-state index contributed by atoms with van der Waals surface area (Å²) in [6, 6.07) is 5.90. The second-order valence-electron chi connectivity index (χ2n) is 6.14. The van der Waals surface area contributed by atoms with Crippen molar-refractivity contribution >= 4 is 33.6 Å². The lowest BCUT2D eigenvalue weighted by molar-refractivity contribution is 0.437. The van der Waals surface area contributed by atoms with Crippen LogP contribution in [0, 0.1) is 5.92 Å². The molecule has 0 bridgehead atoms. The number of hydrogen-bond acceptors (Lipinski definition) is 1. The van der Waals surface area contributed by atoms with Crippen LogP contribution >= 0.6 is 27.5 Å². The Balaban J connectivity index is 2.95. The lowest BCUT2D eigenvalue weighted by Crippen LogP contribution is -2.37. The van der Waals surface area contributed by atoms with Gasteiger partial charge in [0.2, 0.25) is 0 Å². The third kappa shape index (κ3) is 6.11. The molecule has 0 aromatic heterocycles. The van der Waals surface area contributed by atoms with Gasteiger partial charge in [-0.2, -0.15) is 0 Å². The molecule has 0 saturated heterocycles. The van der Waals surface area contributed by atoms with Crippen molar-refractivity contribution in [1.29, 1.82) is 0 Å². The van der Waals surface area contributed by atoms with Crippen molar-refractivity contribution in [3.8, 4) is 0 Å². The van der Waals surface area contributed by atoms with E-state index in [2.05, 4.69) is 61.9 Å². The number of halogens is 2. The Labute approximate surface area is 130 Å². The van der Waals surface area contributed by atoms with E-state index < -0.39 is 0 Å². The van der Waals surface area contributed by atoms with E-state index in [-0.39, 0.29) is 5.54 Å². The van der Waals surface area contributed by atoms with Crippen LogP contribution in [0.15, 0.2) is 28.2 Å². The van der Waals surface area contributed by atoms with Crippen LogP contribution in [0.4, 0.5) is 0 Å². The van der Waals surface area contributed by atoms with Crippen LogP contribution in [0.3, 0.4) is 0 Å². The fourth-order valence-electron chi connectivity index (χ4n) is 1.61. The van der Waals surface area contributed by atoms with Crippen LogP contribution in [0.5, 0.6) is 0 Å². The maximum absolute atomic E-state index is 5.97. The first-order chi connectivity index (χ1) is 8.69. The molecule has 0 amide bonds. The van der Waals surface area contributed by atoms with Gasteiger partial charge in [0.25, 0.3) is 0 Å². The first-order valence-corrected chi connectivity index (χ1v) is 7.76. The Hall–Kier alpha value is -0.310. The zero-order chi connectivity index (χ0) is 14.6. The number of rotatable bonds is 4. The van der Waals surface area contributed by atoms with Crippen LogP contribution in [-0.4, -0.2) is 12.1 Å². The van der Waals surface area contributed by atoms with Crippen LogP contribution in [-0.2, 0) is 0 Å². The quantitative estimate of drug-likeness (QED) is 0.757. The molecule has 1 aromatic carbocycles. The molecule has 1 N–H and O–H groups in total. The van der Waals surface area contributed by atoms with Gasteiger partial charge in [-0.25, -0.2) is 0 Å². The topological polar surface area (TPSA) is 12.0 Å². The lowest BCUT2D eigenvalue weighted by Gasteiger charge is -2.23. The Kier molecular flexibility index (Phi) is 6.10. The van der Waals surface area contributed by atoms with Crippen LogP contribution in [0.25, 0.3) is 6.08 Å². The molecule has 106 valence electrons. The molecule has 0 radical (unpaired) electrons. The summed E-state index contributed by atoms with van der Waals surface area (Å²) < 4.78 is 1.04. The second-order valence-corrected chi connectivity index (χ2v) is 7.43. The normalized spacial score (nSPS) is 13.2. The average Bonchev–Trinajstić information content (AvgIpc) is 2.24. The molecule has 0 fully saturated rings. The van der Waals surface area contributed by atoms with E-state index in [1.165, 1.54) is 11.1 Å². The minimum Gasteiger partial charge on any atom is -0.308 e. The van der Waals surface area contributed by atoms with Gasteiger partial charge >= 0.3 is 0 Å². The molecule has 1 aromatic rings. The van der Waals surface area contributed by atoms with Crippen molar-refractivity contribution in [3.63, 3.8) is 0 Å². The van der Waals surface area contributed by atoms with Crippen LogP contribution in [0.2, 0.25) is 5.02 Å². The molecule has 0 aliphatic carbocycles. The molecular weight excluding hydrogens is 322 g/mol. The molecule has 19 heavy (non-hydrogen) atoms. The van der Waals surface area contributed by atoms with Crippen molar-refractivity contribution in [3.05, 3.63) is 38.8 Å². The van der Waals surface area contributed by atoms with Gasteiger partial charge in [0.1, 0.15) is 0 Å². The molecule has 0 aliphatic rings. The van der Waals surface area contributed by atoms with E-state index >= 15 is 0 Å². The van der Waals surface area contributed by atoms with Gasteiger partial charge in [-0.15, -0.1) is 0 Å². The van der Waals surface area contributed by atoms with Crippen molar-refractivity contribution in [2.75, 3.05) is 6.54 Å². The summed E-state index contributed by atoms with van der Waals surface area (Å²) in [6.07, 6.45) is 2.24. The molecule has 0 heterocycles. The zero-order valence-electron chi connectivity index (χ0n) is 12.3. The zero-order valence-corrected chi connectivity index (χ0v) is 14.7. The number of nitrogens with one attached hydrogen (secondary N) is 1. The van der Waals surface area contributed by atoms with E-state index in [0.29, 0.717) is 5.92 Å². The monoisotopic (exact) mass is 343 g/mol. The molecule has 1 rings (SSSR count). The van der Waals surface area contributed by atoms with Crippen molar-refractivity contribution < 1.29 is 0 Å². The summed E-state index contributed by atoms with van der Waals surface area (Å²) in [6.45, 7) is 11.9. The highest BCUT2D eigenvalue weighted by atomic mass is 79.9. The fraction of sp³-hybridized carbons (Fsp3) is 0.500. The summed E-state index contributed by atoms with van der Waals surface area (Å²) in [5, 5.41) is 4.30. The van der Waals surface area contributed by atoms with E-state index in [9.17, 15) is 0 Å². The summed E-state index contributed by atoms with van der Waals surface area (Å²) in [5.41, 5.74) is 2.69. The van der Waals surface area contributed by atoms with E-state index in [0.717, 1.165) is 16.0 Å². The summed E-state index contributed by atoms with van der Waals surface area (Å²) in [7, 11) is 0. The molecule has 0 aliphatic heterocycles. The third-order valence-corrected chi connectivity index (χ3v) is 3.79. The Bertz CT molecular complexity index is 458.